The Morgan fingerprint density at radius 1 is 1.29 bits per heavy atom. The van der Waals surface area contributed by atoms with Crippen LogP contribution in [0.2, 0.25) is 0 Å². The Kier molecular flexibility index (Phi) is 5.80. The van der Waals surface area contributed by atoms with Crippen molar-refractivity contribution in [3.05, 3.63) is 28.3 Å². The minimum Gasteiger partial charge on any atom is -0.385 e. The predicted molar refractivity (Wildman–Crippen MR) is 83.9 cm³/mol. The monoisotopic (exact) mass is 293 g/mol. The fourth-order valence-corrected chi connectivity index (χ4v) is 2.42. The van der Waals surface area contributed by atoms with E-state index in [1.54, 1.807) is 12.1 Å². The Hall–Kier alpha value is -1.82. The maximum Gasteiger partial charge on any atom is 0.273 e. The average molecular weight is 293 g/mol. The van der Waals surface area contributed by atoms with Crippen LogP contribution in [0, 0.1) is 16.0 Å². The molecule has 0 amide bonds. The van der Waals surface area contributed by atoms with E-state index in [1.165, 1.54) is 0 Å². The maximum absolute atomic E-state index is 11.0. The molecule has 21 heavy (non-hydrogen) atoms. The molecule has 1 aliphatic heterocycles. The molecule has 0 saturated carbocycles. The molecular weight excluding hydrogens is 270 g/mol. The van der Waals surface area contributed by atoms with Gasteiger partial charge in [0.25, 0.3) is 5.69 Å². The second kappa shape index (κ2) is 7.83. The van der Waals surface area contributed by atoms with Gasteiger partial charge in [-0.05, 0) is 31.2 Å². The van der Waals surface area contributed by atoms with E-state index in [2.05, 4.69) is 17.6 Å². The van der Waals surface area contributed by atoms with Gasteiger partial charge in [0.05, 0.1) is 4.92 Å². The molecule has 0 aliphatic carbocycles. The fraction of sp³-hybridized carbons (Fsp3) is 0.600. The first-order valence-corrected chi connectivity index (χ1v) is 7.54. The summed E-state index contributed by atoms with van der Waals surface area (Å²) >= 11 is 0. The molecule has 0 radical (unpaired) electrons. The molecule has 1 unspecified atom stereocenters. The van der Waals surface area contributed by atoms with Gasteiger partial charge in [-0.15, -0.1) is 0 Å². The van der Waals surface area contributed by atoms with Crippen LogP contribution in [0.4, 0.5) is 17.1 Å². The summed E-state index contributed by atoms with van der Waals surface area (Å²) in [5.74, 6) is 0.605. The van der Waals surface area contributed by atoms with E-state index in [4.69, 9.17) is 4.74 Å². The number of non-ortho nitro benzene ring substituents is 1. The zero-order valence-corrected chi connectivity index (χ0v) is 12.4. The third-order valence-electron chi connectivity index (χ3n) is 3.61. The minimum absolute atomic E-state index is 0.114. The molecule has 0 bridgehead atoms. The Morgan fingerprint density at radius 3 is 2.57 bits per heavy atom. The van der Waals surface area contributed by atoms with Gasteiger partial charge in [-0.1, -0.05) is 6.92 Å². The number of nitro groups is 1. The van der Waals surface area contributed by atoms with E-state index in [9.17, 15) is 10.1 Å². The van der Waals surface area contributed by atoms with Crippen LogP contribution in [-0.4, -0.2) is 31.2 Å². The lowest BCUT2D eigenvalue weighted by molar-refractivity contribution is -0.384. The molecule has 1 atom stereocenters. The summed E-state index contributed by atoms with van der Waals surface area (Å²) in [6, 6.07) is 5.09. The summed E-state index contributed by atoms with van der Waals surface area (Å²) in [4.78, 5) is 10.6. The van der Waals surface area contributed by atoms with Crippen molar-refractivity contribution in [1.29, 1.82) is 0 Å². The molecule has 2 rings (SSSR count). The molecule has 0 spiro atoms. The lowest BCUT2D eigenvalue weighted by atomic mass is 10.1. The van der Waals surface area contributed by atoms with Crippen LogP contribution in [0.25, 0.3) is 0 Å². The first-order valence-electron chi connectivity index (χ1n) is 7.54. The summed E-state index contributed by atoms with van der Waals surface area (Å²) in [6.45, 7) is 5.36. The van der Waals surface area contributed by atoms with Gasteiger partial charge in [0.1, 0.15) is 0 Å². The number of nitrogens with zero attached hydrogens (tertiary/aromatic N) is 1. The minimum atomic E-state index is -0.354. The Balaban J connectivity index is 1.95. The molecule has 116 valence electrons. The molecule has 6 heteroatoms. The number of rotatable bonds is 8. The fourth-order valence-electron chi connectivity index (χ4n) is 2.42. The zero-order chi connectivity index (χ0) is 15.1. The highest BCUT2D eigenvalue weighted by Crippen LogP contribution is 2.25. The van der Waals surface area contributed by atoms with E-state index >= 15 is 0 Å². The third-order valence-corrected chi connectivity index (χ3v) is 3.61. The molecule has 6 nitrogen and oxygen atoms in total. The predicted octanol–water partition coefficient (Wildman–Crippen LogP) is 3.26. The average Bonchev–Trinajstić information content (AvgIpc) is 2.98. The van der Waals surface area contributed by atoms with Crippen molar-refractivity contribution in [1.82, 2.24) is 0 Å². The smallest absolute Gasteiger partial charge is 0.273 e. The van der Waals surface area contributed by atoms with E-state index in [-0.39, 0.29) is 10.6 Å². The first kappa shape index (κ1) is 15.6. The van der Waals surface area contributed by atoms with Crippen molar-refractivity contribution < 1.29 is 9.66 Å². The number of ether oxygens (including phenoxy) is 1. The van der Waals surface area contributed by atoms with Gasteiger partial charge in [0.2, 0.25) is 0 Å². The van der Waals surface area contributed by atoms with Crippen LogP contribution in [0.1, 0.15) is 26.2 Å². The Bertz CT molecular complexity index is 473. The number of nitrogens with one attached hydrogen (secondary N) is 2. The zero-order valence-electron chi connectivity index (χ0n) is 12.4. The number of benzene rings is 1. The molecule has 1 saturated heterocycles. The highest BCUT2D eigenvalue weighted by Gasteiger charge is 2.15. The highest BCUT2D eigenvalue weighted by atomic mass is 16.6. The van der Waals surface area contributed by atoms with Crippen molar-refractivity contribution in [2.75, 3.05) is 36.9 Å². The first-order chi connectivity index (χ1) is 10.2. The lowest BCUT2D eigenvalue weighted by Gasteiger charge is -2.12. The van der Waals surface area contributed by atoms with Crippen molar-refractivity contribution >= 4 is 17.1 Å². The summed E-state index contributed by atoms with van der Waals surface area (Å²) < 4.78 is 5.35. The summed E-state index contributed by atoms with van der Waals surface area (Å²) in [5, 5.41) is 17.5. The molecule has 2 N–H and O–H groups in total. The van der Waals surface area contributed by atoms with Gasteiger partial charge in [-0.3, -0.25) is 10.1 Å². The van der Waals surface area contributed by atoms with Gasteiger partial charge >= 0.3 is 0 Å². The largest absolute Gasteiger partial charge is 0.385 e. The quantitative estimate of drug-likeness (QED) is 0.568. The van der Waals surface area contributed by atoms with Gasteiger partial charge in [0, 0.05) is 49.8 Å². The van der Waals surface area contributed by atoms with Crippen molar-refractivity contribution in [2.24, 2.45) is 5.92 Å². The number of hydrogen-bond donors (Lipinski definition) is 2. The highest BCUT2D eigenvalue weighted by molar-refractivity contribution is 5.63. The van der Waals surface area contributed by atoms with Crippen LogP contribution >= 0.6 is 0 Å². The normalized spacial score (nSPS) is 17.7. The molecule has 1 aromatic rings. The van der Waals surface area contributed by atoms with Crippen LogP contribution in [0.5, 0.6) is 0 Å². The van der Waals surface area contributed by atoms with Crippen molar-refractivity contribution in [3.8, 4) is 0 Å². The number of nitro benzene ring substituents is 1. The van der Waals surface area contributed by atoms with Gasteiger partial charge in [-0.2, -0.15) is 0 Å². The molecule has 0 aromatic heterocycles. The molecular formula is C15H23N3O3. The van der Waals surface area contributed by atoms with Gasteiger partial charge < -0.3 is 15.4 Å². The van der Waals surface area contributed by atoms with E-state index in [0.29, 0.717) is 5.92 Å². The molecule has 1 aromatic carbocycles. The van der Waals surface area contributed by atoms with Crippen LogP contribution in [0.3, 0.4) is 0 Å². The third kappa shape index (κ3) is 4.90. The van der Waals surface area contributed by atoms with Gasteiger partial charge in [0.15, 0.2) is 0 Å². The second-order valence-electron chi connectivity index (χ2n) is 5.40. The van der Waals surface area contributed by atoms with E-state index in [0.717, 1.165) is 56.9 Å². The number of hydrogen-bond acceptors (Lipinski definition) is 5. The summed E-state index contributed by atoms with van der Waals surface area (Å²) in [5.41, 5.74) is 1.70. The van der Waals surface area contributed by atoms with E-state index in [1.807, 2.05) is 6.07 Å². The number of anilines is 2. The SMILES string of the molecule is CCCNc1cc(NCCC2CCOC2)cc([N+](=O)[O-])c1. The maximum atomic E-state index is 11.0. The van der Waals surface area contributed by atoms with Crippen LogP contribution < -0.4 is 10.6 Å². The lowest BCUT2D eigenvalue weighted by Crippen LogP contribution is -2.09. The standard InChI is InChI=1S/C15H23N3O3/c1-2-5-16-13-8-14(10-15(9-13)18(19)20)17-6-3-12-4-7-21-11-12/h8-10,12,16-17H,2-7,11H2,1H3. The van der Waals surface area contributed by atoms with Crippen molar-refractivity contribution in [2.45, 2.75) is 26.2 Å². The van der Waals surface area contributed by atoms with Crippen LogP contribution in [-0.2, 0) is 4.74 Å². The van der Waals surface area contributed by atoms with E-state index < -0.39 is 0 Å². The Labute approximate surface area is 125 Å². The Morgan fingerprint density at radius 2 is 2.00 bits per heavy atom. The molecule has 1 heterocycles. The van der Waals surface area contributed by atoms with Crippen LogP contribution in [0.15, 0.2) is 18.2 Å². The van der Waals surface area contributed by atoms with Gasteiger partial charge in [-0.25, -0.2) is 0 Å². The molecule has 1 aliphatic rings. The topological polar surface area (TPSA) is 76.4 Å². The molecule has 1 fully saturated rings. The summed E-state index contributed by atoms with van der Waals surface area (Å²) in [6.07, 6.45) is 3.12. The van der Waals surface area contributed by atoms with Crippen molar-refractivity contribution in [3.63, 3.8) is 0 Å². The summed E-state index contributed by atoms with van der Waals surface area (Å²) in [7, 11) is 0. The second-order valence-corrected chi connectivity index (χ2v) is 5.40.